The van der Waals surface area contributed by atoms with E-state index in [2.05, 4.69) is 0 Å². The third-order valence-electron chi connectivity index (χ3n) is 1.69. The van der Waals surface area contributed by atoms with Crippen molar-refractivity contribution in [2.24, 2.45) is 0 Å². The van der Waals surface area contributed by atoms with Crippen molar-refractivity contribution in [3.8, 4) is 11.5 Å². The Balaban J connectivity index is 3.30. The van der Waals surface area contributed by atoms with Gasteiger partial charge in [-0.25, -0.2) is 0 Å². The lowest BCUT2D eigenvalue weighted by atomic mass is 10.2. The Morgan fingerprint density at radius 2 is 1.79 bits per heavy atom. The van der Waals surface area contributed by atoms with E-state index in [0.717, 1.165) is 0 Å². The van der Waals surface area contributed by atoms with Gasteiger partial charge in [0.15, 0.2) is 11.5 Å². The van der Waals surface area contributed by atoms with Crippen LogP contribution in [0.15, 0.2) is 12.1 Å². The third kappa shape index (κ3) is 1.90. The molecule has 1 rings (SSSR count). The van der Waals surface area contributed by atoms with E-state index in [4.69, 9.17) is 21.1 Å². The Bertz CT molecular complexity index is 362. The van der Waals surface area contributed by atoms with Crippen molar-refractivity contribution >= 4 is 17.6 Å². The maximum absolute atomic E-state index is 10.6. The number of carbonyl (C=O) groups excluding carboxylic acids is 1. The zero-order valence-electron chi connectivity index (χ0n) is 7.67. The van der Waals surface area contributed by atoms with Crippen molar-refractivity contribution < 1.29 is 19.4 Å². The van der Waals surface area contributed by atoms with E-state index in [9.17, 15) is 9.90 Å². The van der Waals surface area contributed by atoms with Crippen LogP contribution in [0, 0.1) is 0 Å². The van der Waals surface area contributed by atoms with Gasteiger partial charge in [0.25, 0.3) is 0 Å². The lowest BCUT2D eigenvalue weighted by Crippen LogP contribution is -2.22. The number of carbonyl (C=O) groups is 1. The van der Waals surface area contributed by atoms with Crippen LogP contribution >= 0.6 is 11.6 Å². The Morgan fingerprint density at radius 1 is 1.29 bits per heavy atom. The fraction of sp³-hybridized carbons (Fsp3) is 0.222. The minimum Gasteiger partial charge on any atom is -0.545 e. The summed E-state index contributed by atoms with van der Waals surface area (Å²) in [7, 11) is 2.84. The standard InChI is InChI=1S/C9H9ClO4/c1-13-7-3-5(9(11)12)6(10)4-8(7)14-2/h3-4H,1-2H3,(H,11,12)/p-1. The molecule has 0 saturated carbocycles. The molecule has 0 amide bonds. The van der Waals surface area contributed by atoms with E-state index in [0.29, 0.717) is 11.5 Å². The maximum atomic E-state index is 10.6. The van der Waals surface area contributed by atoms with Gasteiger partial charge in [-0.2, -0.15) is 0 Å². The summed E-state index contributed by atoms with van der Waals surface area (Å²) in [5.74, 6) is -0.672. The Morgan fingerprint density at radius 3 is 2.21 bits per heavy atom. The smallest absolute Gasteiger partial charge is 0.162 e. The molecule has 0 aliphatic rings. The molecule has 0 radical (unpaired) electrons. The van der Waals surface area contributed by atoms with Gasteiger partial charge in [0.1, 0.15) is 0 Å². The van der Waals surface area contributed by atoms with Crippen LogP contribution in [0.2, 0.25) is 5.02 Å². The fourth-order valence-corrected chi connectivity index (χ4v) is 1.24. The van der Waals surface area contributed by atoms with E-state index in [1.807, 2.05) is 0 Å². The zero-order chi connectivity index (χ0) is 10.7. The topological polar surface area (TPSA) is 58.6 Å². The van der Waals surface area contributed by atoms with Crippen molar-refractivity contribution in [2.45, 2.75) is 0 Å². The largest absolute Gasteiger partial charge is 0.545 e. The molecule has 5 heteroatoms. The van der Waals surface area contributed by atoms with E-state index in [1.54, 1.807) is 0 Å². The first-order valence-corrected chi connectivity index (χ1v) is 4.10. The van der Waals surface area contributed by atoms with Gasteiger partial charge in [-0.1, -0.05) is 11.6 Å². The number of rotatable bonds is 3. The minimum atomic E-state index is -1.35. The summed E-state index contributed by atoms with van der Waals surface area (Å²) < 4.78 is 9.84. The second-order valence-corrected chi connectivity index (χ2v) is 2.88. The van der Waals surface area contributed by atoms with Crippen molar-refractivity contribution in [3.63, 3.8) is 0 Å². The molecule has 0 atom stereocenters. The monoisotopic (exact) mass is 215 g/mol. The molecule has 1 aromatic rings. The molecule has 0 saturated heterocycles. The van der Waals surface area contributed by atoms with Crippen LogP contribution < -0.4 is 14.6 Å². The van der Waals surface area contributed by atoms with Gasteiger partial charge >= 0.3 is 0 Å². The second kappa shape index (κ2) is 4.19. The summed E-state index contributed by atoms with van der Waals surface area (Å²) in [6, 6.07) is 2.63. The van der Waals surface area contributed by atoms with Crippen LogP contribution in [-0.2, 0) is 0 Å². The van der Waals surface area contributed by atoms with Gasteiger partial charge in [-0.3, -0.25) is 0 Å². The van der Waals surface area contributed by atoms with Crippen molar-refractivity contribution in [2.75, 3.05) is 14.2 Å². The summed E-state index contributed by atoms with van der Waals surface area (Å²) in [5.41, 5.74) is -0.121. The third-order valence-corrected chi connectivity index (χ3v) is 2.01. The number of hydrogen-bond acceptors (Lipinski definition) is 4. The van der Waals surface area contributed by atoms with Crippen LogP contribution in [0.25, 0.3) is 0 Å². The van der Waals surface area contributed by atoms with Crippen molar-refractivity contribution in [1.29, 1.82) is 0 Å². The average molecular weight is 216 g/mol. The van der Waals surface area contributed by atoms with Crippen LogP contribution in [0.3, 0.4) is 0 Å². The Kier molecular flexibility index (Phi) is 3.19. The Labute approximate surface area is 86.0 Å². The normalized spacial score (nSPS) is 9.64. The van der Waals surface area contributed by atoms with Gasteiger partial charge in [0, 0.05) is 11.6 Å². The maximum Gasteiger partial charge on any atom is 0.162 e. The van der Waals surface area contributed by atoms with Crippen LogP contribution in [0.5, 0.6) is 11.5 Å². The molecule has 0 bridgehead atoms. The highest BCUT2D eigenvalue weighted by Crippen LogP contribution is 2.32. The second-order valence-electron chi connectivity index (χ2n) is 2.47. The SMILES string of the molecule is COc1cc(Cl)c(C(=O)[O-])cc1OC. The van der Waals surface area contributed by atoms with Crippen LogP contribution in [0.4, 0.5) is 0 Å². The number of carboxylic acid groups (broad SMARTS) is 1. The minimum absolute atomic E-state index is 0.0580. The lowest BCUT2D eigenvalue weighted by Gasteiger charge is -2.11. The molecule has 0 aliphatic heterocycles. The van der Waals surface area contributed by atoms with Crippen LogP contribution in [0.1, 0.15) is 10.4 Å². The fourth-order valence-electron chi connectivity index (χ4n) is 1.01. The van der Waals surface area contributed by atoms with Gasteiger partial charge in [-0.05, 0) is 6.07 Å². The number of methoxy groups -OCH3 is 2. The summed E-state index contributed by atoms with van der Waals surface area (Å²) in [5, 5.41) is 10.7. The number of hydrogen-bond donors (Lipinski definition) is 0. The quantitative estimate of drug-likeness (QED) is 0.746. The molecule has 0 fully saturated rings. The molecule has 0 unspecified atom stereocenters. The summed E-state index contributed by atoms with van der Waals surface area (Å²) in [6.07, 6.45) is 0. The van der Waals surface area contributed by atoms with Gasteiger partial charge in [-0.15, -0.1) is 0 Å². The van der Waals surface area contributed by atoms with E-state index in [1.165, 1.54) is 26.4 Å². The van der Waals surface area contributed by atoms with Crippen LogP contribution in [-0.4, -0.2) is 20.2 Å². The van der Waals surface area contributed by atoms with Crippen molar-refractivity contribution in [3.05, 3.63) is 22.7 Å². The van der Waals surface area contributed by atoms with Gasteiger partial charge < -0.3 is 19.4 Å². The molecule has 0 aliphatic carbocycles. The lowest BCUT2D eigenvalue weighted by molar-refractivity contribution is -0.255. The van der Waals surface area contributed by atoms with Crippen molar-refractivity contribution in [1.82, 2.24) is 0 Å². The molecule has 14 heavy (non-hydrogen) atoms. The predicted octanol–water partition coefficient (Wildman–Crippen LogP) is 0.721. The number of ether oxygens (including phenoxy) is 2. The molecule has 0 spiro atoms. The molecular weight excluding hydrogens is 208 g/mol. The molecule has 0 heterocycles. The summed E-state index contributed by atoms with van der Waals surface area (Å²) >= 11 is 5.68. The summed E-state index contributed by atoms with van der Waals surface area (Å²) in [6.45, 7) is 0. The highest BCUT2D eigenvalue weighted by atomic mass is 35.5. The number of carboxylic acids is 1. The zero-order valence-corrected chi connectivity index (χ0v) is 8.42. The molecular formula is C9H8ClO4-. The first-order valence-electron chi connectivity index (χ1n) is 3.73. The number of benzene rings is 1. The first kappa shape index (κ1) is 10.7. The average Bonchev–Trinajstić information content (AvgIpc) is 2.16. The molecule has 0 N–H and O–H groups in total. The molecule has 76 valence electrons. The first-order chi connectivity index (χ1) is 6.60. The predicted molar refractivity (Wildman–Crippen MR) is 48.9 cm³/mol. The highest BCUT2D eigenvalue weighted by Gasteiger charge is 2.09. The molecule has 0 aromatic heterocycles. The number of aromatic carboxylic acids is 1. The number of halogens is 1. The van der Waals surface area contributed by atoms with E-state index < -0.39 is 5.97 Å². The molecule has 1 aromatic carbocycles. The van der Waals surface area contributed by atoms with Gasteiger partial charge in [0.05, 0.1) is 25.2 Å². The summed E-state index contributed by atoms with van der Waals surface area (Å²) in [4.78, 5) is 10.6. The Hall–Kier alpha value is -1.42. The van der Waals surface area contributed by atoms with E-state index in [-0.39, 0.29) is 10.6 Å². The van der Waals surface area contributed by atoms with Gasteiger partial charge in [0.2, 0.25) is 0 Å². The van der Waals surface area contributed by atoms with E-state index >= 15 is 0 Å². The highest BCUT2D eigenvalue weighted by molar-refractivity contribution is 6.33. The molecule has 4 nitrogen and oxygen atoms in total.